The van der Waals surface area contributed by atoms with Gasteiger partial charge in [-0.2, -0.15) is 4.98 Å². The summed E-state index contributed by atoms with van der Waals surface area (Å²) in [6.45, 7) is 2.00. The summed E-state index contributed by atoms with van der Waals surface area (Å²) < 4.78 is 1.48. The zero-order valence-electron chi connectivity index (χ0n) is 12.5. The van der Waals surface area contributed by atoms with Crippen molar-refractivity contribution < 1.29 is 0 Å². The molecule has 2 N–H and O–H groups in total. The molecule has 0 bridgehead atoms. The minimum absolute atomic E-state index is 0.0471. The molecule has 0 radical (unpaired) electrons. The van der Waals surface area contributed by atoms with E-state index in [-0.39, 0.29) is 5.62 Å². The number of aromatic nitrogens is 2. The highest BCUT2D eigenvalue weighted by Crippen LogP contribution is 2.28. The molecule has 0 spiro atoms. The van der Waals surface area contributed by atoms with Crippen LogP contribution in [0.1, 0.15) is 5.56 Å². The lowest BCUT2D eigenvalue weighted by molar-refractivity contribution is 0.914. The Labute approximate surface area is 128 Å². The summed E-state index contributed by atoms with van der Waals surface area (Å²) in [5, 5.41) is 16.6. The Morgan fingerprint density at radius 3 is 2.55 bits per heavy atom. The molecule has 5 heteroatoms. The summed E-state index contributed by atoms with van der Waals surface area (Å²) in [5.41, 5.74) is 2.95. The van der Waals surface area contributed by atoms with Crippen molar-refractivity contribution in [2.24, 2.45) is 0 Å². The summed E-state index contributed by atoms with van der Waals surface area (Å²) in [7, 11) is 1.94. The third kappa shape index (κ3) is 2.26. The van der Waals surface area contributed by atoms with Crippen LogP contribution >= 0.6 is 0 Å². The quantitative estimate of drug-likeness (QED) is 0.575. The predicted molar refractivity (Wildman–Crippen MR) is 89.0 cm³/mol. The maximum Gasteiger partial charge on any atom is 0.229 e. The van der Waals surface area contributed by atoms with Gasteiger partial charge in [0.2, 0.25) is 5.62 Å². The van der Waals surface area contributed by atoms with Crippen LogP contribution in [0, 0.1) is 17.7 Å². The maximum atomic E-state index is 8.09. The fourth-order valence-electron chi connectivity index (χ4n) is 2.52. The van der Waals surface area contributed by atoms with Gasteiger partial charge in [0.1, 0.15) is 5.82 Å². The van der Waals surface area contributed by atoms with E-state index in [9.17, 15) is 0 Å². The standard InChI is InChI=1S/C17H17N5/c1-12-8-9-14-15(10-12)22(11-18)17(19)20-16(14)21(2)13-6-4-3-5-7-13/h3-11,18-19H,1-2H3. The van der Waals surface area contributed by atoms with E-state index in [1.807, 2.05) is 67.4 Å². The first-order valence-corrected chi connectivity index (χ1v) is 6.98. The van der Waals surface area contributed by atoms with E-state index in [4.69, 9.17) is 10.8 Å². The molecular weight excluding hydrogens is 274 g/mol. The zero-order valence-corrected chi connectivity index (χ0v) is 12.5. The Bertz CT molecular complexity index is 896. The van der Waals surface area contributed by atoms with Crippen molar-refractivity contribution in [1.29, 1.82) is 10.8 Å². The zero-order chi connectivity index (χ0) is 15.7. The van der Waals surface area contributed by atoms with Gasteiger partial charge in [0, 0.05) is 18.1 Å². The van der Waals surface area contributed by atoms with Gasteiger partial charge in [-0.05, 0) is 36.8 Å². The Kier molecular flexibility index (Phi) is 3.47. The SMILES string of the molecule is Cc1ccc2c(N(C)c3ccccc3)nc(=N)n(C=N)c2c1. The van der Waals surface area contributed by atoms with E-state index in [0.717, 1.165) is 28.5 Å². The Hall–Kier alpha value is -2.95. The second-order valence-electron chi connectivity index (χ2n) is 5.17. The summed E-state index contributed by atoms with van der Waals surface area (Å²) in [6, 6.07) is 15.9. The van der Waals surface area contributed by atoms with Crippen LogP contribution in [-0.2, 0) is 0 Å². The molecule has 0 saturated carbocycles. The lowest BCUT2D eigenvalue weighted by Gasteiger charge is -2.21. The highest BCUT2D eigenvalue weighted by molar-refractivity contribution is 5.94. The van der Waals surface area contributed by atoms with Crippen molar-refractivity contribution in [3.8, 4) is 0 Å². The van der Waals surface area contributed by atoms with Crippen LogP contribution < -0.4 is 10.5 Å². The third-order valence-electron chi connectivity index (χ3n) is 3.68. The van der Waals surface area contributed by atoms with Crippen molar-refractivity contribution in [1.82, 2.24) is 9.55 Å². The van der Waals surface area contributed by atoms with Gasteiger partial charge >= 0.3 is 0 Å². The number of para-hydroxylation sites is 1. The van der Waals surface area contributed by atoms with Crippen molar-refractivity contribution >= 4 is 28.7 Å². The molecule has 0 fully saturated rings. The molecule has 22 heavy (non-hydrogen) atoms. The van der Waals surface area contributed by atoms with Crippen molar-refractivity contribution in [3.05, 3.63) is 59.7 Å². The number of nitrogens with one attached hydrogen (secondary N) is 2. The molecule has 2 aromatic carbocycles. The van der Waals surface area contributed by atoms with Gasteiger partial charge in [0.25, 0.3) is 0 Å². The smallest absolute Gasteiger partial charge is 0.229 e. The number of anilines is 2. The lowest BCUT2D eigenvalue weighted by atomic mass is 10.1. The molecular formula is C17H17N5. The highest BCUT2D eigenvalue weighted by Gasteiger charge is 2.13. The fraction of sp³-hybridized carbons (Fsp3) is 0.118. The number of fused-ring (bicyclic) bond motifs is 1. The van der Waals surface area contributed by atoms with E-state index in [1.165, 1.54) is 4.57 Å². The summed E-state index contributed by atoms with van der Waals surface area (Å²) in [5.74, 6) is 0.712. The Morgan fingerprint density at radius 2 is 1.86 bits per heavy atom. The Morgan fingerprint density at radius 1 is 1.14 bits per heavy atom. The van der Waals surface area contributed by atoms with Crippen LogP contribution in [0.15, 0.2) is 48.5 Å². The van der Waals surface area contributed by atoms with E-state index >= 15 is 0 Å². The van der Waals surface area contributed by atoms with Crippen molar-refractivity contribution in [3.63, 3.8) is 0 Å². The van der Waals surface area contributed by atoms with Crippen LogP contribution in [0.4, 0.5) is 11.5 Å². The first-order valence-electron chi connectivity index (χ1n) is 6.98. The van der Waals surface area contributed by atoms with Crippen LogP contribution in [0.5, 0.6) is 0 Å². The number of benzene rings is 2. The molecule has 0 atom stereocenters. The number of hydrogen-bond donors (Lipinski definition) is 2. The summed E-state index contributed by atoms with van der Waals surface area (Å²) >= 11 is 0. The topological polar surface area (TPSA) is 68.8 Å². The Balaban J connectivity index is 2.31. The minimum Gasteiger partial charge on any atom is -0.329 e. The van der Waals surface area contributed by atoms with Gasteiger partial charge in [0.05, 0.1) is 11.9 Å². The van der Waals surface area contributed by atoms with E-state index in [2.05, 4.69) is 4.98 Å². The largest absolute Gasteiger partial charge is 0.329 e. The third-order valence-corrected chi connectivity index (χ3v) is 3.68. The molecule has 1 heterocycles. The van der Waals surface area contributed by atoms with Crippen molar-refractivity contribution in [2.45, 2.75) is 6.92 Å². The molecule has 0 unspecified atom stereocenters. The molecule has 5 nitrogen and oxygen atoms in total. The monoisotopic (exact) mass is 291 g/mol. The van der Waals surface area contributed by atoms with E-state index < -0.39 is 0 Å². The van der Waals surface area contributed by atoms with Gasteiger partial charge in [-0.25, -0.2) is 0 Å². The minimum atomic E-state index is 0.0471. The molecule has 3 aromatic rings. The maximum absolute atomic E-state index is 8.09. The normalized spacial score (nSPS) is 10.6. The van der Waals surface area contributed by atoms with Gasteiger partial charge in [0.15, 0.2) is 0 Å². The van der Waals surface area contributed by atoms with Crippen LogP contribution in [0.3, 0.4) is 0 Å². The molecule has 3 rings (SSSR count). The number of rotatable bonds is 3. The molecule has 0 saturated heterocycles. The van der Waals surface area contributed by atoms with Crippen LogP contribution in [0.2, 0.25) is 0 Å². The van der Waals surface area contributed by atoms with E-state index in [0.29, 0.717) is 5.82 Å². The van der Waals surface area contributed by atoms with Gasteiger partial charge in [-0.15, -0.1) is 0 Å². The van der Waals surface area contributed by atoms with Gasteiger partial charge < -0.3 is 4.90 Å². The average molecular weight is 291 g/mol. The van der Waals surface area contributed by atoms with Crippen LogP contribution in [0.25, 0.3) is 10.9 Å². The first kappa shape index (κ1) is 14.0. The predicted octanol–water partition coefficient (Wildman–Crippen LogP) is 3.05. The molecule has 0 aliphatic heterocycles. The number of hydrogen-bond acceptors (Lipinski definition) is 4. The highest BCUT2D eigenvalue weighted by atomic mass is 15.2. The van der Waals surface area contributed by atoms with E-state index in [1.54, 1.807) is 0 Å². The first-order chi connectivity index (χ1) is 10.6. The molecule has 110 valence electrons. The van der Waals surface area contributed by atoms with Crippen molar-refractivity contribution in [2.75, 3.05) is 11.9 Å². The van der Waals surface area contributed by atoms with Gasteiger partial charge in [-0.1, -0.05) is 24.3 Å². The summed E-state index contributed by atoms with van der Waals surface area (Å²) in [6.07, 6.45) is 1.13. The number of nitrogens with zero attached hydrogens (tertiary/aromatic N) is 3. The molecule has 0 aliphatic carbocycles. The second kappa shape index (κ2) is 5.44. The second-order valence-corrected chi connectivity index (χ2v) is 5.17. The van der Waals surface area contributed by atoms with Crippen LogP contribution in [-0.4, -0.2) is 22.9 Å². The molecule has 0 aliphatic rings. The molecule has 0 amide bonds. The summed E-state index contributed by atoms with van der Waals surface area (Å²) in [4.78, 5) is 6.34. The van der Waals surface area contributed by atoms with Gasteiger partial charge in [-0.3, -0.25) is 15.4 Å². The number of aryl methyl sites for hydroxylation is 1. The fourth-order valence-corrected chi connectivity index (χ4v) is 2.52. The average Bonchev–Trinajstić information content (AvgIpc) is 2.54. The molecule has 1 aromatic heterocycles. The lowest BCUT2D eigenvalue weighted by Crippen LogP contribution is -2.26.